The first-order chi connectivity index (χ1) is 4.10. The number of hydrogen-bond donors (Lipinski definition) is 0. The van der Waals surface area contributed by atoms with Gasteiger partial charge in [0.2, 0.25) is 0 Å². The topological polar surface area (TPSA) is 18.5 Å². The van der Waals surface area contributed by atoms with Gasteiger partial charge in [-0.15, -0.1) is 0 Å². The molecule has 0 saturated carbocycles. The molecule has 0 amide bonds. The summed E-state index contributed by atoms with van der Waals surface area (Å²) in [4.78, 5) is 0. The van der Waals surface area contributed by atoms with Gasteiger partial charge in [0, 0.05) is 6.42 Å². The van der Waals surface area contributed by atoms with E-state index in [9.17, 15) is 0 Å². The fourth-order valence-corrected chi connectivity index (χ4v) is 1.44. The Balaban J connectivity index is 2.41. The summed E-state index contributed by atoms with van der Waals surface area (Å²) in [5, 5.41) is 0.168. The Morgan fingerprint density at radius 3 is 2.56 bits per heavy atom. The minimum absolute atomic E-state index is 0.168. The van der Waals surface area contributed by atoms with E-state index in [0.717, 1.165) is 13.0 Å². The summed E-state index contributed by atoms with van der Waals surface area (Å²) in [7, 11) is 0. The maximum absolute atomic E-state index is 5.37. The standard InChI is InChI=1S/C6H11BrO2/c1-6(2)8-4-3-5(7)9-6/h5H,3-4H2,1-2H3. The summed E-state index contributed by atoms with van der Waals surface area (Å²) >= 11 is 3.36. The fourth-order valence-electron chi connectivity index (χ4n) is 0.798. The number of rotatable bonds is 0. The zero-order valence-electron chi connectivity index (χ0n) is 5.69. The summed E-state index contributed by atoms with van der Waals surface area (Å²) in [5.74, 6) is -0.396. The summed E-state index contributed by atoms with van der Waals surface area (Å²) in [6.07, 6.45) is 0.934. The van der Waals surface area contributed by atoms with E-state index < -0.39 is 5.79 Å². The first-order valence-corrected chi connectivity index (χ1v) is 3.97. The van der Waals surface area contributed by atoms with Crippen molar-refractivity contribution in [3.05, 3.63) is 0 Å². The summed E-state index contributed by atoms with van der Waals surface area (Å²) < 4.78 is 10.7. The lowest BCUT2D eigenvalue weighted by Gasteiger charge is -2.33. The Bertz CT molecular complexity index is 103. The third-order valence-electron chi connectivity index (χ3n) is 1.21. The Labute approximate surface area is 63.7 Å². The van der Waals surface area contributed by atoms with E-state index in [1.807, 2.05) is 13.8 Å². The number of halogens is 1. The second-order valence-electron chi connectivity index (χ2n) is 2.56. The second kappa shape index (κ2) is 2.56. The van der Waals surface area contributed by atoms with E-state index in [1.54, 1.807) is 0 Å². The lowest BCUT2D eigenvalue weighted by Crippen LogP contribution is -2.37. The highest BCUT2D eigenvalue weighted by Gasteiger charge is 2.27. The largest absolute Gasteiger partial charge is 0.350 e. The second-order valence-corrected chi connectivity index (χ2v) is 3.59. The molecule has 2 nitrogen and oxygen atoms in total. The van der Waals surface area contributed by atoms with Crippen LogP contribution in [0.2, 0.25) is 0 Å². The molecule has 9 heavy (non-hydrogen) atoms. The Morgan fingerprint density at radius 1 is 1.56 bits per heavy atom. The zero-order chi connectivity index (χ0) is 6.91. The fraction of sp³-hybridized carbons (Fsp3) is 1.00. The molecule has 1 fully saturated rings. The van der Waals surface area contributed by atoms with Crippen LogP contribution in [0, 0.1) is 0 Å². The average molecular weight is 195 g/mol. The molecule has 0 aromatic heterocycles. The van der Waals surface area contributed by atoms with Crippen molar-refractivity contribution < 1.29 is 9.47 Å². The van der Waals surface area contributed by atoms with Gasteiger partial charge < -0.3 is 9.47 Å². The number of hydrogen-bond acceptors (Lipinski definition) is 2. The summed E-state index contributed by atoms with van der Waals surface area (Å²) in [6, 6.07) is 0. The van der Waals surface area contributed by atoms with Crippen LogP contribution in [0.15, 0.2) is 0 Å². The van der Waals surface area contributed by atoms with Crippen LogP contribution in [0.1, 0.15) is 20.3 Å². The number of ether oxygens (including phenoxy) is 2. The van der Waals surface area contributed by atoms with Gasteiger partial charge in [-0.25, -0.2) is 0 Å². The predicted octanol–water partition coefficient (Wildman–Crippen LogP) is 1.88. The highest BCUT2D eigenvalue weighted by atomic mass is 79.9. The van der Waals surface area contributed by atoms with Crippen molar-refractivity contribution in [3.8, 4) is 0 Å². The number of alkyl halides is 1. The highest BCUT2D eigenvalue weighted by Crippen LogP contribution is 2.24. The molecule has 1 heterocycles. The van der Waals surface area contributed by atoms with Crippen molar-refractivity contribution in [1.82, 2.24) is 0 Å². The first-order valence-electron chi connectivity index (χ1n) is 3.06. The van der Waals surface area contributed by atoms with Gasteiger partial charge in [0.1, 0.15) is 5.01 Å². The third kappa shape index (κ3) is 2.24. The van der Waals surface area contributed by atoms with Crippen LogP contribution in [-0.2, 0) is 9.47 Å². The average Bonchev–Trinajstić information content (AvgIpc) is 1.60. The van der Waals surface area contributed by atoms with Crippen LogP contribution in [-0.4, -0.2) is 17.4 Å². The molecule has 54 valence electrons. The molecule has 0 aliphatic carbocycles. The van der Waals surface area contributed by atoms with Crippen molar-refractivity contribution in [2.24, 2.45) is 0 Å². The van der Waals surface area contributed by atoms with E-state index in [0.29, 0.717) is 0 Å². The summed E-state index contributed by atoms with van der Waals surface area (Å²) in [6.45, 7) is 4.61. The van der Waals surface area contributed by atoms with Crippen LogP contribution in [0.25, 0.3) is 0 Å². The van der Waals surface area contributed by atoms with Crippen LogP contribution in [0.4, 0.5) is 0 Å². The molecule has 0 aromatic carbocycles. The molecule has 1 rings (SSSR count). The van der Waals surface area contributed by atoms with Gasteiger partial charge in [-0.05, 0) is 13.8 Å². The molecule has 0 radical (unpaired) electrons. The molecule has 0 bridgehead atoms. The minimum Gasteiger partial charge on any atom is -0.350 e. The van der Waals surface area contributed by atoms with Gasteiger partial charge in [-0.3, -0.25) is 0 Å². The maximum Gasteiger partial charge on any atom is 0.164 e. The van der Waals surface area contributed by atoms with Gasteiger partial charge in [-0.1, -0.05) is 15.9 Å². The van der Waals surface area contributed by atoms with Crippen molar-refractivity contribution in [2.75, 3.05) is 6.61 Å². The molecule has 3 heteroatoms. The molecule has 1 saturated heterocycles. The minimum atomic E-state index is -0.396. The van der Waals surface area contributed by atoms with Gasteiger partial charge in [-0.2, -0.15) is 0 Å². The quantitative estimate of drug-likeness (QED) is 0.549. The van der Waals surface area contributed by atoms with Gasteiger partial charge in [0.05, 0.1) is 6.61 Å². The lowest BCUT2D eigenvalue weighted by molar-refractivity contribution is -0.251. The van der Waals surface area contributed by atoms with E-state index in [2.05, 4.69) is 15.9 Å². The highest BCUT2D eigenvalue weighted by molar-refractivity contribution is 9.09. The van der Waals surface area contributed by atoms with E-state index >= 15 is 0 Å². The van der Waals surface area contributed by atoms with Crippen LogP contribution in [0.5, 0.6) is 0 Å². The van der Waals surface area contributed by atoms with E-state index in [1.165, 1.54) is 0 Å². The molecule has 1 aliphatic heterocycles. The molecule has 0 aromatic rings. The Morgan fingerprint density at radius 2 is 2.22 bits per heavy atom. The molecular formula is C6H11BrO2. The van der Waals surface area contributed by atoms with E-state index in [4.69, 9.17) is 9.47 Å². The SMILES string of the molecule is CC1(C)OCCC(Br)O1. The monoisotopic (exact) mass is 194 g/mol. The van der Waals surface area contributed by atoms with Crippen LogP contribution in [0.3, 0.4) is 0 Å². The zero-order valence-corrected chi connectivity index (χ0v) is 7.27. The smallest absolute Gasteiger partial charge is 0.164 e. The molecule has 0 spiro atoms. The van der Waals surface area contributed by atoms with Gasteiger partial charge in [0.25, 0.3) is 0 Å². The summed E-state index contributed by atoms with van der Waals surface area (Å²) in [5.41, 5.74) is 0. The van der Waals surface area contributed by atoms with Crippen molar-refractivity contribution in [3.63, 3.8) is 0 Å². The van der Waals surface area contributed by atoms with Gasteiger partial charge >= 0.3 is 0 Å². The molecule has 1 unspecified atom stereocenters. The molecule has 1 atom stereocenters. The Hall–Kier alpha value is 0.400. The first kappa shape index (κ1) is 7.51. The van der Waals surface area contributed by atoms with E-state index in [-0.39, 0.29) is 5.01 Å². The van der Waals surface area contributed by atoms with Crippen LogP contribution < -0.4 is 0 Å². The lowest BCUT2D eigenvalue weighted by atomic mass is 10.3. The van der Waals surface area contributed by atoms with Crippen molar-refractivity contribution >= 4 is 15.9 Å². The van der Waals surface area contributed by atoms with Crippen molar-refractivity contribution in [2.45, 2.75) is 31.1 Å². The molecular weight excluding hydrogens is 184 g/mol. The molecule has 0 N–H and O–H groups in total. The maximum atomic E-state index is 5.37. The van der Waals surface area contributed by atoms with Gasteiger partial charge in [0.15, 0.2) is 5.79 Å². The molecule has 1 aliphatic rings. The Kier molecular flexibility index (Phi) is 2.14. The third-order valence-corrected chi connectivity index (χ3v) is 1.85. The normalized spacial score (nSPS) is 34.3. The van der Waals surface area contributed by atoms with Crippen molar-refractivity contribution in [1.29, 1.82) is 0 Å². The predicted molar refractivity (Wildman–Crippen MR) is 38.4 cm³/mol. The van der Waals surface area contributed by atoms with Crippen LogP contribution >= 0.6 is 15.9 Å².